The van der Waals surface area contributed by atoms with Crippen molar-refractivity contribution in [3.8, 4) is 0 Å². The maximum absolute atomic E-state index is 12.6. The van der Waals surface area contributed by atoms with Gasteiger partial charge in [-0.25, -0.2) is 9.50 Å². The smallest absolute Gasteiger partial charge is 0.252 e. The van der Waals surface area contributed by atoms with Crippen LogP contribution in [0.4, 0.5) is 0 Å². The van der Waals surface area contributed by atoms with E-state index in [9.17, 15) is 4.79 Å². The lowest BCUT2D eigenvalue weighted by Gasteiger charge is -2.38. The molecule has 136 valence electrons. The van der Waals surface area contributed by atoms with Crippen molar-refractivity contribution in [2.45, 2.75) is 39.5 Å². The third kappa shape index (κ3) is 3.48. The summed E-state index contributed by atoms with van der Waals surface area (Å²) in [5.74, 6) is 1.26. The van der Waals surface area contributed by atoms with Crippen LogP contribution >= 0.6 is 12.4 Å². The monoisotopic (exact) mass is 364 g/mol. The average Bonchev–Trinajstić information content (AvgIpc) is 3.15. The van der Waals surface area contributed by atoms with Crippen LogP contribution in [0.25, 0.3) is 5.78 Å². The number of hydrogen-bond donors (Lipinski definition) is 1. The van der Waals surface area contributed by atoms with Crippen molar-refractivity contribution in [3.05, 3.63) is 23.3 Å². The lowest BCUT2D eigenvalue weighted by molar-refractivity contribution is -0.132. The number of aromatic nitrogens is 4. The van der Waals surface area contributed by atoms with Gasteiger partial charge in [0.15, 0.2) is 5.82 Å². The maximum Gasteiger partial charge on any atom is 0.252 e. The van der Waals surface area contributed by atoms with Gasteiger partial charge in [0.25, 0.3) is 5.78 Å². The third-order valence-electron chi connectivity index (χ3n) is 5.48. The fourth-order valence-electron chi connectivity index (χ4n) is 3.98. The van der Waals surface area contributed by atoms with Gasteiger partial charge in [0.2, 0.25) is 5.91 Å². The minimum atomic E-state index is 0. The third-order valence-corrected chi connectivity index (χ3v) is 5.48. The van der Waals surface area contributed by atoms with Gasteiger partial charge < -0.3 is 10.2 Å². The molecular formula is C17H25ClN6O. The van der Waals surface area contributed by atoms with Crippen LogP contribution in [0.2, 0.25) is 0 Å². The Morgan fingerprint density at radius 1 is 1.24 bits per heavy atom. The Morgan fingerprint density at radius 2 is 2.00 bits per heavy atom. The quantitative estimate of drug-likeness (QED) is 0.869. The first kappa shape index (κ1) is 18.1. The van der Waals surface area contributed by atoms with Gasteiger partial charge in [-0.05, 0) is 51.1 Å². The van der Waals surface area contributed by atoms with Crippen LogP contribution < -0.4 is 5.32 Å². The second-order valence-electron chi connectivity index (χ2n) is 7.26. The van der Waals surface area contributed by atoms with Crippen LogP contribution in [0.5, 0.6) is 0 Å². The van der Waals surface area contributed by atoms with E-state index in [0.717, 1.165) is 50.4 Å². The number of amides is 1. The molecule has 1 amide bonds. The van der Waals surface area contributed by atoms with E-state index in [1.165, 1.54) is 6.42 Å². The molecule has 0 saturated carbocycles. The van der Waals surface area contributed by atoms with Gasteiger partial charge in [0, 0.05) is 31.0 Å². The lowest BCUT2D eigenvalue weighted by Crippen LogP contribution is -2.44. The Morgan fingerprint density at radius 3 is 2.68 bits per heavy atom. The molecule has 25 heavy (non-hydrogen) atoms. The summed E-state index contributed by atoms with van der Waals surface area (Å²) >= 11 is 0. The first-order valence-corrected chi connectivity index (χ1v) is 8.73. The molecule has 2 aromatic rings. The van der Waals surface area contributed by atoms with Gasteiger partial charge in [-0.2, -0.15) is 4.98 Å². The summed E-state index contributed by atoms with van der Waals surface area (Å²) in [7, 11) is 0. The SMILES string of the molecule is Cc1cc(C)n2nc(CC(=O)N3CCC4(CCNC4)CC3)nc2n1.Cl. The van der Waals surface area contributed by atoms with E-state index in [4.69, 9.17) is 0 Å². The molecule has 2 fully saturated rings. The minimum absolute atomic E-state index is 0. The summed E-state index contributed by atoms with van der Waals surface area (Å²) in [4.78, 5) is 23.4. The standard InChI is InChI=1S/C17H24N6O.ClH/c1-12-9-13(2)23-16(19-12)20-14(21-23)10-15(24)22-7-4-17(5-8-22)3-6-18-11-17;/h9,18H,3-8,10-11H2,1-2H3;1H. The molecule has 2 saturated heterocycles. The zero-order valence-corrected chi connectivity index (χ0v) is 15.6. The van der Waals surface area contributed by atoms with Gasteiger partial charge in [-0.15, -0.1) is 17.5 Å². The van der Waals surface area contributed by atoms with Crippen molar-refractivity contribution in [1.29, 1.82) is 0 Å². The second kappa shape index (κ2) is 6.88. The molecule has 0 unspecified atom stereocenters. The Bertz CT molecular complexity index is 773. The number of hydrogen-bond acceptors (Lipinski definition) is 5. The van der Waals surface area contributed by atoms with Gasteiger partial charge >= 0.3 is 0 Å². The molecule has 7 nitrogen and oxygen atoms in total. The Hall–Kier alpha value is -1.73. The van der Waals surface area contributed by atoms with Crippen molar-refractivity contribution in [2.75, 3.05) is 26.2 Å². The molecule has 1 N–H and O–H groups in total. The van der Waals surface area contributed by atoms with Crippen molar-refractivity contribution >= 4 is 24.1 Å². The predicted molar refractivity (Wildman–Crippen MR) is 96.9 cm³/mol. The number of rotatable bonds is 2. The number of nitrogens with one attached hydrogen (secondary N) is 1. The Balaban J connectivity index is 0.00000182. The number of piperidine rings is 1. The number of fused-ring (bicyclic) bond motifs is 1. The normalized spacial score (nSPS) is 19.4. The van der Waals surface area contributed by atoms with Gasteiger partial charge in [-0.3, -0.25) is 4.79 Å². The molecule has 8 heteroatoms. The first-order chi connectivity index (χ1) is 11.5. The number of halogens is 1. The van der Waals surface area contributed by atoms with Crippen LogP contribution in [0.1, 0.15) is 36.5 Å². The Kier molecular flexibility index (Phi) is 4.97. The zero-order valence-electron chi connectivity index (χ0n) is 14.8. The van der Waals surface area contributed by atoms with Crippen LogP contribution in [0.3, 0.4) is 0 Å². The van der Waals surface area contributed by atoms with E-state index in [0.29, 0.717) is 17.0 Å². The van der Waals surface area contributed by atoms with Gasteiger partial charge in [0.05, 0.1) is 6.42 Å². The molecular weight excluding hydrogens is 340 g/mol. The molecule has 0 atom stereocenters. The number of carbonyl (C=O) groups is 1. The highest BCUT2D eigenvalue weighted by Crippen LogP contribution is 2.36. The van der Waals surface area contributed by atoms with E-state index in [-0.39, 0.29) is 24.7 Å². The zero-order chi connectivity index (χ0) is 16.7. The van der Waals surface area contributed by atoms with Gasteiger partial charge in [-0.1, -0.05) is 0 Å². The van der Waals surface area contributed by atoms with Crippen molar-refractivity contribution < 1.29 is 4.79 Å². The van der Waals surface area contributed by atoms with E-state index >= 15 is 0 Å². The molecule has 0 aliphatic carbocycles. The molecule has 0 radical (unpaired) electrons. The average molecular weight is 365 g/mol. The first-order valence-electron chi connectivity index (χ1n) is 8.73. The number of carbonyl (C=O) groups excluding carboxylic acids is 1. The van der Waals surface area contributed by atoms with E-state index in [1.54, 1.807) is 4.52 Å². The number of aryl methyl sites for hydroxylation is 2. The van der Waals surface area contributed by atoms with Crippen LogP contribution in [0.15, 0.2) is 6.07 Å². The molecule has 4 rings (SSSR count). The lowest BCUT2D eigenvalue weighted by atomic mass is 9.78. The van der Waals surface area contributed by atoms with Crippen LogP contribution in [0, 0.1) is 19.3 Å². The van der Waals surface area contributed by atoms with Gasteiger partial charge in [0.1, 0.15) is 0 Å². The largest absolute Gasteiger partial charge is 0.342 e. The summed E-state index contributed by atoms with van der Waals surface area (Å²) < 4.78 is 1.71. The highest BCUT2D eigenvalue weighted by molar-refractivity contribution is 5.85. The van der Waals surface area contributed by atoms with Crippen LogP contribution in [-0.2, 0) is 11.2 Å². The second-order valence-corrected chi connectivity index (χ2v) is 7.26. The highest BCUT2D eigenvalue weighted by atomic mass is 35.5. The fourth-order valence-corrected chi connectivity index (χ4v) is 3.98. The van der Waals surface area contributed by atoms with Crippen molar-refractivity contribution in [3.63, 3.8) is 0 Å². The number of likely N-dealkylation sites (tertiary alicyclic amines) is 1. The molecule has 0 aromatic carbocycles. The van der Waals surface area contributed by atoms with E-state index < -0.39 is 0 Å². The van der Waals surface area contributed by atoms with E-state index in [2.05, 4.69) is 20.4 Å². The van der Waals surface area contributed by atoms with E-state index in [1.807, 2.05) is 24.8 Å². The molecule has 0 bridgehead atoms. The molecule has 1 spiro atoms. The summed E-state index contributed by atoms with van der Waals surface area (Å²) in [5.41, 5.74) is 2.32. The number of nitrogens with zero attached hydrogens (tertiary/aromatic N) is 5. The fraction of sp³-hybridized carbons (Fsp3) is 0.647. The van der Waals surface area contributed by atoms with Crippen LogP contribution in [-0.4, -0.2) is 56.6 Å². The molecule has 2 aromatic heterocycles. The highest BCUT2D eigenvalue weighted by Gasteiger charge is 2.38. The summed E-state index contributed by atoms with van der Waals surface area (Å²) in [6.07, 6.45) is 3.70. The molecule has 2 aliphatic heterocycles. The molecule has 4 heterocycles. The van der Waals surface area contributed by atoms with Crippen molar-refractivity contribution in [2.24, 2.45) is 5.41 Å². The summed E-state index contributed by atoms with van der Waals surface area (Å²) in [5, 5.41) is 7.90. The maximum atomic E-state index is 12.6. The topological polar surface area (TPSA) is 75.4 Å². The summed E-state index contributed by atoms with van der Waals surface area (Å²) in [6, 6.07) is 1.97. The minimum Gasteiger partial charge on any atom is -0.342 e. The summed E-state index contributed by atoms with van der Waals surface area (Å²) in [6.45, 7) is 7.84. The predicted octanol–water partition coefficient (Wildman–Crippen LogP) is 1.31. The Labute approximate surface area is 153 Å². The molecule has 2 aliphatic rings. The van der Waals surface area contributed by atoms with Crippen molar-refractivity contribution in [1.82, 2.24) is 29.8 Å².